The molecule has 0 saturated heterocycles. The first-order valence-corrected chi connectivity index (χ1v) is 19.8. The molecule has 5 nitrogen and oxygen atoms in total. The number of phenolic OH excluding ortho intramolecular Hbond substituents is 1. The van der Waals surface area contributed by atoms with Crippen LogP contribution in [0, 0.1) is 0 Å². The predicted molar refractivity (Wildman–Crippen MR) is 211 cm³/mol. The summed E-state index contributed by atoms with van der Waals surface area (Å²) < 4.78 is 0. The summed E-state index contributed by atoms with van der Waals surface area (Å²) in [4.78, 5) is 36.2. The van der Waals surface area contributed by atoms with Gasteiger partial charge in [0.1, 0.15) is 5.75 Å². The molecule has 0 aliphatic heterocycles. The lowest BCUT2D eigenvalue weighted by Gasteiger charge is -2.28. The van der Waals surface area contributed by atoms with Gasteiger partial charge in [0.05, 0.1) is 11.1 Å². The van der Waals surface area contributed by atoms with E-state index in [9.17, 15) is 14.7 Å². The molecule has 0 bridgehead atoms. The lowest BCUT2D eigenvalue weighted by molar-refractivity contribution is -0.187. The molecule has 0 heterocycles. The number of benzene rings is 3. The summed E-state index contributed by atoms with van der Waals surface area (Å²) in [5.41, 5.74) is 4.58. The second-order valence-corrected chi connectivity index (χ2v) is 16.4. The standard InChI is InChI=1S/C46H66O5/c1-8-9-10-11-12-13-14-15-16-17-18-19-20-21-22-26-30-38-37(36-33-40(45(2,3)4)42(47)41(34-36)46(5,6)7)31-27-32-39(38)44(49)51-50-43(48)35-28-24-23-25-29-35/h23-25,27-29,31-34,47H,8-22,26,30H2,1-7H3. The van der Waals surface area contributed by atoms with Crippen molar-refractivity contribution in [3.63, 3.8) is 0 Å². The fourth-order valence-electron chi connectivity index (χ4n) is 6.84. The number of carbonyl (C=O) groups excluding carboxylic acids is 2. The second kappa shape index (κ2) is 21.1. The smallest absolute Gasteiger partial charge is 0.386 e. The van der Waals surface area contributed by atoms with Gasteiger partial charge in [0.2, 0.25) is 0 Å². The van der Waals surface area contributed by atoms with Gasteiger partial charge in [-0.3, -0.25) is 0 Å². The molecule has 0 aliphatic carbocycles. The van der Waals surface area contributed by atoms with Crippen molar-refractivity contribution in [1.29, 1.82) is 0 Å². The van der Waals surface area contributed by atoms with Crippen LogP contribution in [0.15, 0.2) is 60.7 Å². The number of phenols is 1. The van der Waals surface area contributed by atoms with Crippen LogP contribution in [-0.4, -0.2) is 17.0 Å². The molecular formula is C46H66O5. The van der Waals surface area contributed by atoms with E-state index in [1.807, 2.05) is 12.1 Å². The third-order valence-corrected chi connectivity index (χ3v) is 9.92. The van der Waals surface area contributed by atoms with Gasteiger partial charge in [-0.15, -0.1) is 0 Å². The largest absolute Gasteiger partial charge is 0.507 e. The molecule has 0 amide bonds. The zero-order valence-electron chi connectivity index (χ0n) is 32.9. The minimum atomic E-state index is -0.720. The summed E-state index contributed by atoms with van der Waals surface area (Å²) in [6.45, 7) is 14.9. The topological polar surface area (TPSA) is 72.8 Å². The van der Waals surface area contributed by atoms with E-state index in [0.29, 0.717) is 23.3 Å². The maximum atomic E-state index is 13.5. The zero-order chi connectivity index (χ0) is 37.3. The average molecular weight is 699 g/mol. The van der Waals surface area contributed by atoms with Crippen LogP contribution in [0.4, 0.5) is 0 Å². The van der Waals surface area contributed by atoms with Gasteiger partial charge in [-0.2, -0.15) is 0 Å². The van der Waals surface area contributed by atoms with E-state index >= 15 is 0 Å². The summed E-state index contributed by atoms with van der Waals surface area (Å²) in [6.07, 6.45) is 21.4. The maximum absolute atomic E-state index is 13.5. The Kier molecular flexibility index (Phi) is 17.3. The monoisotopic (exact) mass is 698 g/mol. The van der Waals surface area contributed by atoms with E-state index in [1.165, 1.54) is 83.5 Å². The highest BCUT2D eigenvalue weighted by Crippen LogP contribution is 2.43. The zero-order valence-corrected chi connectivity index (χ0v) is 32.9. The molecule has 0 aromatic heterocycles. The van der Waals surface area contributed by atoms with Gasteiger partial charge in [-0.05, 0) is 70.7 Å². The number of rotatable bonds is 20. The highest BCUT2D eigenvalue weighted by Gasteiger charge is 2.28. The molecular weight excluding hydrogens is 633 g/mol. The molecule has 0 spiro atoms. The molecule has 3 aromatic carbocycles. The molecule has 3 aromatic rings. The van der Waals surface area contributed by atoms with Crippen molar-refractivity contribution < 1.29 is 24.5 Å². The summed E-state index contributed by atoms with van der Waals surface area (Å²) in [5.74, 6) is -1.09. The molecule has 51 heavy (non-hydrogen) atoms. The molecule has 280 valence electrons. The predicted octanol–water partition coefficient (Wildman–Crippen LogP) is 13.4. The molecule has 0 aliphatic rings. The van der Waals surface area contributed by atoms with Gasteiger partial charge in [0, 0.05) is 11.1 Å². The van der Waals surface area contributed by atoms with Gasteiger partial charge in [0.15, 0.2) is 0 Å². The molecule has 0 fully saturated rings. The van der Waals surface area contributed by atoms with Crippen LogP contribution in [0.25, 0.3) is 11.1 Å². The van der Waals surface area contributed by atoms with E-state index in [0.717, 1.165) is 47.1 Å². The SMILES string of the molecule is CCCCCCCCCCCCCCCCCCc1c(C(=O)OOC(=O)c2ccccc2)cccc1-c1cc(C(C)(C)C)c(O)c(C(C)(C)C)c1. The van der Waals surface area contributed by atoms with Crippen LogP contribution in [0.1, 0.15) is 189 Å². The van der Waals surface area contributed by atoms with Crippen molar-refractivity contribution in [2.45, 2.75) is 168 Å². The number of aromatic hydroxyl groups is 1. The van der Waals surface area contributed by atoms with Gasteiger partial charge < -0.3 is 5.11 Å². The molecule has 1 N–H and O–H groups in total. The van der Waals surface area contributed by atoms with Crippen LogP contribution in [0.3, 0.4) is 0 Å². The molecule has 0 unspecified atom stereocenters. The summed E-state index contributed by atoms with van der Waals surface area (Å²) in [7, 11) is 0. The van der Waals surface area contributed by atoms with Crippen LogP contribution < -0.4 is 0 Å². The van der Waals surface area contributed by atoms with E-state index in [2.05, 4.69) is 60.6 Å². The first-order chi connectivity index (χ1) is 24.3. The Bertz CT molecular complexity index is 1460. The first-order valence-electron chi connectivity index (χ1n) is 19.8. The van der Waals surface area contributed by atoms with Crippen LogP contribution in [0.5, 0.6) is 5.75 Å². The van der Waals surface area contributed by atoms with Crippen molar-refractivity contribution in [2.75, 3.05) is 0 Å². The van der Waals surface area contributed by atoms with E-state index in [4.69, 9.17) is 9.78 Å². The Balaban J connectivity index is 1.69. The average Bonchev–Trinajstić information content (AvgIpc) is 3.09. The van der Waals surface area contributed by atoms with Gasteiger partial charge >= 0.3 is 11.9 Å². The van der Waals surface area contributed by atoms with Crippen molar-refractivity contribution in [1.82, 2.24) is 0 Å². The fourth-order valence-corrected chi connectivity index (χ4v) is 6.84. The normalized spacial score (nSPS) is 11.8. The van der Waals surface area contributed by atoms with Crippen molar-refractivity contribution in [2.24, 2.45) is 0 Å². The molecule has 0 saturated carbocycles. The maximum Gasteiger partial charge on any atom is 0.386 e. The first kappa shape index (κ1) is 41.8. The Labute approximate surface area is 309 Å². The van der Waals surface area contributed by atoms with Crippen molar-refractivity contribution in [3.05, 3.63) is 88.5 Å². The van der Waals surface area contributed by atoms with Crippen molar-refractivity contribution in [3.8, 4) is 16.9 Å². The third kappa shape index (κ3) is 13.8. The second-order valence-electron chi connectivity index (χ2n) is 16.4. The lowest BCUT2D eigenvalue weighted by Crippen LogP contribution is -2.18. The molecule has 5 heteroatoms. The van der Waals surface area contributed by atoms with E-state index < -0.39 is 11.9 Å². The number of carbonyl (C=O) groups is 2. The summed E-state index contributed by atoms with van der Waals surface area (Å²) in [6, 6.07) is 18.2. The Morgan fingerprint density at radius 2 is 1.02 bits per heavy atom. The van der Waals surface area contributed by atoms with E-state index in [1.54, 1.807) is 36.4 Å². The minimum absolute atomic E-state index is 0.295. The quantitative estimate of drug-likeness (QED) is 0.0722. The van der Waals surface area contributed by atoms with Crippen LogP contribution in [0.2, 0.25) is 0 Å². The van der Waals surface area contributed by atoms with E-state index in [-0.39, 0.29) is 10.8 Å². The van der Waals surface area contributed by atoms with Crippen molar-refractivity contribution >= 4 is 11.9 Å². The Hall–Kier alpha value is -3.60. The number of hydrogen-bond donors (Lipinski definition) is 1. The lowest BCUT2D eigenvalue weighted by atomic mass is 9.77. The number of hydrogen-bond acceptors (Lipinski definition) is 5. The van der Waals surface area contributed by atoms with Crippen LogP contribution >= 0.6 is 0 Å². The van der Waals surface area contributed by atoms with Gasteiger partial charge in [-0.25, -0.2) is 19.4 Å². The minimum Gasteiger partial charge on any atom is -0.507 e. The third-order valence-electron chi connectivity index (χ3n) is 9.92. The summed E-state index contributed by atoms with van der Waals surface area (Å²) in [5, 5.41) is 11.4. The van der Waals surface area contributed by atoms with Gasteiger partial charge in [0.25, 0.3) is 0 Å². The summed E-state index contributed by atoms with van der Waals surface area (Å²) >= 11 is 0. The number of unbranched alkanes of at least 4 members (excludes halogenated alkanes) is 15. The molecule has 0 atom stereocenters. The Morgan fingerprint density at radius 3 is 1.49 bits per heavy atom. The van der Waals surface area contributed by atoms with Gasteiger partial charge in [-0.1, -0.05) is 175 Å². The highest BCUT2D eigenvalue weighted by atomic mass is 17.2. The fraction of sp³-hybridized carbons (Fsp3) is 0.565. The highest BCUT2D eigenvalue weighted by molar-refractivity contribution is 5.95. The molecule has 3 rings (SSSR count). The van der Waals surface area contributed by atoms with Crippen LogP contribution in [-0.2, 0) is 27.0 Å². The molecule has 0 radical (unpaired) electrons. The Morgan fingerprint density at radius 1 is 0.569 bits per heavy atom.